The summed E-state index contributed by atoms with van der Waals surface area (Å²) in [5, 5.41) is 0. The molecule has 1 rings (SSSR count). The van der Waals surface area contributed by atoms with Crippen LogP contribution in [0.3, 0.4) is 0 Å². The molecule has 0 spiro atoms. The standard InChI is InChI=1S/C8H17NO/c1-4-9(2)7-5-8(6-7)10-3/h7-8H,4-6H2,1-3H3/t7-,8-. The third kappa shape index (κ3) is 1.50. The first kappa shape index (κ1) is 8.02. The van der Waals surface area contributed by atoms with Crippen molar-refractivity contribution < 1.29 is 4.74 Å². The van der Waals surface area contributed by atoms with Crippen molar-refractivity contribution >= 4 is 0 Å². The Morgan fingerprint density at radius 2 is 2.10 bits per heavy atom. The van der Waals surface area contributed by atoms with Gasteiger partial charge in [-0.3, -0.25) is 0 Å². The van der Waals surface area contributed by atoms with Gasteiger partial charge in [0.15, 0.2) is 0 Å². The molecule has 10 heavy (non-hydrogen) atoms. The van der Waals surface area contributed by atoms with Crippen LogP contribution in [0.15, 0.2) is 0 Å². The molecule has 1 aliphatic rings. The molecule has 1 fully saturated rings. The van der Waals surface area contributed by atoms with Crippen molar-refractivity contribution in [3.8, 4) is 0 Å². The van der Waals surface area contributed by atoms with Gasteiger partial charge in [-0.25, -0.2) is 0 Å². The average molecular weight is 143 g/mol. The normalized spacial score (nSPS) is 32.4. The maximum Gasteiger partial charge on any atom is 0.0601 e. The Bertz CT molecular complexity index is 99.4. The summed E-state index contributed by atoms with van der Waals surface area (Å²) in [5.41, 5.74) is 0. The quantitative estimate of drug-likeness (QED) is 0.587. The summed E-state index contributed by atoms with van der Waals surface area (Å²) < 4.78 is 5.18. The second-order valence-electron chi connectivity index (χ2n) is 3.06. The van der Waals surface area contributed by atoms with Crippen molar-refractivity contribution in [1.29, 1.82) is 0 Å². The van der Waals surface area contributed by atoms with E-state index >= 15 is 0 Å². The first-order valence-corrected chi connectivity index (χ1v) is 4.01. The van der Waals surface area contributed by atoms with Crippen LogP contribution in [0.25, 0.3) is 0 Å². The van der Waals surface area contributed by atoms with Gasteiger partial charge in [0.25, 0.3) is 0 Å². The first-order valence-electron chi connectivity index (χ1n) is 4.01. The topological polar surface area (TPSA) is 12.5 Å². The molecule has 2 heteroatoms. The van der Waals surface area contributed by atoms with Gasteiger partial charge in [0.05, 0.1) is 6.10 Å². The van der Waals surface area contributed by atoms with Gasteiger partial charge >= 0.3 is 0 Å². The van der Waals surface area contributed by atoms with Crippen molar-refractivity contribution in [2.75, 3.05) is 20.7 Å². The van der Waals surface area contributed by atoms with E-state index in [1.165, 1.54) is 12.8 Å². The summed E-state index contributed by atoms with van der Waals surface area (Å²) >= 11 is 0. The fourth-order valence-corrected chi connectivity index (χ4v) is 1.35. The van der Waals surface area contributed by atoms with Crippen molar-refractivity contribution in [2.24, 2.45) is 0 Å². The van der Waals surface area contributed by atoms with Crippen LogP contribution in [0.2, 0.25) is 0 Å². The van der Waals surface area contributed by atoms with Gasteiger partial charge in [0.2, 0.25) is 0 Å². The van der Waals surface area contributed by atoms with Gasteiger partial charge in [-0.05, 0) is 26.4 Å². The molecule has 0 atom stereocenters. The molecule has 0 saturated heterocycles. The van der Waals surface area contributed by atoms with E-state index in [2.05, 4.69) is 18.9 Å². The number of ether oxygens (including phenoxy) is 1. The van der Waals surface area contributed by atoms with Crippen LogP contribution in [0.4, 0.5) is 0 Å². The zero-order valence-corrected chi connectivity index (χ0v) is 7.13. The van der Waals surface area contributed by atoms with Gasteiger partial charge < -0.3 is 9.64 Å². The van der Waals surface area contributed by atoms with Crippen LogP contribution >= 0.6 is 0 Å². The minimum atomic E-state index is 0.541. The Morgan fingerprint density at radius 3 is 2.50 bits per heavy atom. The summed E-state index contributed by atoms with van der Waals surface area (Å²) in [6.45, 7) is 3.35. The van der Waals surface area contributed by atoms with E-state index in [0.29, 0.717) is 6.10 Å². The minimum absolute atomic E-state index is 0.541. The highest BCUT2D eigenvalue weighted by atomic mass is 16.5. The summed E-state index contributed by atoms with van der Waals surface area (Å²) in [6.07, 6.45) is 2.99. The molecule has 0 N–H and O–H groups in total. The molecule has 0 unspecified atom stereocenters. The number of rotatable bonds is 3. The van der Waals surface area contributed by atoms with Gasteiger partial charge in [-0.1, -0.05) is 6.92 Å². The van der Waals surface area contributed by atoms with Crippen molar-refractivity contribution in [1.82, 2.24) is 4.90 Å². The van der Waals surface area contributed by atoms with Crippen molar-refractivity contribution in [2.45, 2.75) is 31.9 Å². The number of methoxy groups -OCH3 is 1. The fourth-order valence-electron chi connectivity index (χ4n) is 1.35. The Morgan fingerprint density at radius 1 is 1.50 bits per heavy atom. The zero-order chi connectivity index (χ0) is 7.56. The minimum Gasteiger partial charge on any atom is -0.381 e. The summed E-state index contributed by atoms with van der Waals surface area (Å²) in [7, 11) is 3.98. The summed E-state index contributed by atoms with van der Waals surface area (Å²) in [6, 6.07) is 0.787. The maximum atomic E-state index is 5.18. The molecular weight excluding hydrogens is 126 g/mol. The molecule has 0 radical (unpaired) electrons. The second-order valence-corrected chi connectivity index (χ2v) is 3.06. The van der Waals surface area contributed by atoms with Crippen LogP contribution in [0.5, 0.6) is 0 Å². The van der Waals surface area contributed by atoms with E-state index in [1.54, 1.807) is 7.11 Å². The molecular formula is C8H17NO. The molecule has 2 nitrogen and oxygen atoms in total. The van der Waals surface area contributed by atoms with Crippen LogP contribution in [0.1, 0.15) is 19.8 Å². The van der Waals surface area contributed by atoms with Crippen molar-refractivity contribution in [3.63, 3.8) is 0 Å². The van der Waals surface area contributed by atoms with Crippen LogP contribution in [-0.4, -0.2) is 37.7 Å². The lowest BCUT2D eigenvalue weighted by Crippen LogP contribution is -2.45. The molecule has 60 valence electrons. The van der Waals surface area contributed by atoms with E-state index in [4.69, 9.17) is 4.74 Å². The van der Waals surface area contributed by atoms with Gasteiger partial charge in [-0.2, -0.15) is 0 Å². The fraction of sp³-hybridized carbons (Fsp3) is 1.00. The Kier molecular flexibility index (Phi) is 2.69. The monoisotopic (exact) mass is 143 g/mol. The zero-order valence-electron chi connectivity index (χ0n) is 7.13. The third-order valence-corrected chi connectivity index (χ3v) is 2.53. The lowest BCUT2D eigenvalue weighted by Gasteiger charge is -2.39. The van der Waals surface area contributed by atoms with Gasteiger partial charge in [-0.15, -0.1) is 0 Å². The first-order chi connectivity index (χ1) is 4.77. The van der Waals surface area contributed by atoms with E-state index in [-0.39, 0.29) is 0 Å². The average Bonchev–Trinajstić information content (AvgIpc) is 1.85. The molecule has 0 aromatic carbocycles. The predicted molar refractivity (Wildman–Crippen MR) is 42.1 cm³/mol. The van der Waals surface area contributed by atoms with Gasteiger partial charge in [0, 0.05) is 13.2 Å². The second kappa shape index (κ2) is 3.35. The Hall–Kier alpha value is -0.0800. The highest BCUT2D eigenvalue weighted by Crippen LogP contribution is 2.26. The van der Waals surface area contributed by atoms with Crippen LogP contribution < -0.4 is 0 Å². The lowest BCUT2D eigenvalue weighted by atomic mass is 9.88. The SMILES string of the molecule is CCN(C)[C@H]1C[C@H](OC)C1. The predicted octanol–water partition coefficient (Wildman–Crippen LogP) is 1.12. The van der Waals surface area contributed by atoms with E-state index in [1.807, 2.05) is 0 Å². The Labute approximate surface area is 63.2 Å². The maximum absolute atomic E-state index is 5.18. The van der Waals surface area contributed by atoms with Crippen molar-refractivity contribution in [3.05, 3.63) is 0 Å². The molecule has 0 aliphatic heterocycles. The molecule has 0 aromatic heterocycles. The molecule has 1 aliphatic carbocycles. The van der Waals surface area contributed by atoms with E-state index < -0.39 is 0 Å². The molecule has 0 bridgehead atoms. The van der Waals surface area contributed by atoms with E-state index in [0.717, 1.165) is 12.6 Å². The van der Waals surface area contributed by atoms with Gasteiger partial charge in [0.1, 0.15) is 0 Å². The van der Waals surface area contributed by atoms with Crippen LogP contribution in [-0.2, 0) is 4.74 Å². The number of hydrogen-bond donors (Lipinski definition) is 0. The van der Waals surface area contributed by atoms with Crippen LogP contribution in [0, 0.1) is 0 Å². The summed E-state index contributed by atoms with van der Waals surface area (Å²) in [5.74, 6) is 0. The largest absolute Gasteiger partial charge is 0.381 e. The lowest BCUT2D eigenvalue weighted by molar-refractivity contribution is -0.0179. The number of hydrogen-bond acceptors (Lipinski definition) is 2. The third-order valence-electron chi connectivity index (χ3n) is 2.53. The molecule has 0 amide bonds. The molecule has 1 saturated carbocycles. The smallest absolute Gasteiger partial charge is 0.0601 e. The highest BCUT2D eigenvalue weighted by Gasteiger charge is 2.30. The molecule has 0 heterocycles. The number of nitrogens with zero attached hydrogens (tertiary/aromatic N) is 1. The molecule has 0 aromatic rings. The highest BCUT2D eigenvalue weighted by molar-refractivity contribution is 4.86. The summed E-state index contributed by atoms with van der Waals surface area (Å²) in [4.78, 5) is 2.38. The van der Waals surface area contributed by atoms with E-state index in [9.17, 15) is 0 Å². The Balaban J connectivity index is 2.13.